The minimum atomic E-state index is 0. The van der Waals surface area contributed by atoms with Gasteiger partial charge in [0.1, 0.15) is 12.4 Å². The molecular formula is C17H24BrIN4O2. The molecule has 0 radical (unpaired) electrons. The predicted octanol–water partition coefficient (Wildman–Crippen LogP) is 3.92. The van der Waals surface area contributed by atoms with E-state index in [1.54, 1.807) is 7.05 Å². The van der Waals surface area contributed by atoms with Crippen molar-refractivity contribution < 1.29 is 9.26 Å². The van der Waals surface area contributed by atoms with E-state index in [0.717, 1.165) is 21.7 Å². The Morgan fingerprint density at radius 1 is 1.28 bits per heavy atom. The highest BCUT2D eigenvalue weighted by molar-refractivity contribution is 14.0. The molecule has 6 nitrogen and oxygen atoms in total. The predicted molar refractivity (Wildman–Crippen MR) is 114 cm³/mol. The molecule has 0 atom stereocenters. The Labute approximate surface area is 173 Å². The lowest BCUT2D eigenvalue weighted by Gasteiger charge is -2.11. The largest absolute Gasteiger partial charge is 0.492 e. The van der Waals surface area contributed by atoms with Gasteiger partial charge in [-0.25, -0.2) is 0 Å². The van der Waals surface area contributed by atoms with Gasteiger partial charge in [0.15, 0.2) is 11.7 Å². The Kier molecular flexibility index (Phi) is 9.88. The summed E-state index contributed by atoms with van der Waals surface area (Å²) in [5.41, 5.74) is 0.956. The van der Waals surface area contributed by atoms with Gasteiger partial charge >= 0.3 is 0 Å². The molecule has 0 aliphatic rings. The van der Waals surface area contributed by atoms with Gasteiger partial charge in [0.25, 0.3) is 0 Å². The SMILES string of the molecule is CN=C(NCCOc1ccc(Br)cc1)NCc1cc(C(C)C)no1.I. The summed E-state index contributed by atoms with van der Waals surface area (Å²) in [5.74, 6) is 2.67. The molecule has 25 heavy (non-hydrogen) atoms. The van der Waals surface area contributed by atoms with E-state index >= 15 is 0 Å². The van der Waals surface area contributed by atoms with Crippen LogP contribution in [0.3, 0.4) is 0 Å². The first-order valence-corrected chi connectivity index (χ1v) is 8.66. The van der Waals surface area contributed by atoms with Gasteiger partial charge in [0.05, 0.1) is 18.8 Å². The number of aromatic nitrogens is 1. The van der Waals surface area contributed by atoms with Crippen LogP contribution >= 0.6 is 39.9 Å². The second-order valence-corrected chi connectivity index (χ2v) is 6.44. The monoisotopic (exact) mass is 522 g/mol. The van der Waals surface area contributed by atoms with Crippen molar-refractivity contribution in [3.05, 3.63) is 46.3 Å². The molecule has 2 rings (SSSR count). The van der Waals surface area contributed by atoms with Crippen LogP contribution in [-0.2, 0) is 6.54 Å². The fourth-order valence-corrected chi connectivity index (χ4v) is 2.21. The van der Waals surface area contributed by atoms with Crippen LogP contribution in [0.1, 0.15) is 31.2 Å². The van der Waals surface area contributed by atoms with Crippen LogP contribution in [-0.4, -0.2) is 31.3 Å². The van der Waals surface area contributed by atoms with Gasteiger partial charge in [-0.1, -0.05) is 34.9 Å². The number of hydrogen-bond acceptors (Lipinski definition) is 4. The third-order valence-corrected chi connectivity index (χ3v) is 3.83. The average molecular weight is 523 g/mol. The molecule has 1 aromatic carbocycles. The first kappa shape index (κ1) is 21.8. The Balaban J connectivity index is 0.00000312. The number of hydrogen-bond donors (Lipinski definition) is 2. The zero-order chi connectivity index (χ0) is 17.4. The molecule has 0 fully saturated rings. The number of nitrogens with zero attached hydrogens (tertiary/aromatic N) is 2. The number of halogens is 2. The van der Waals surface area contributed by atoms with Crippen LogP contribution in [0.15, 0.2) is 44.3 Å². The normalized spacial score (nSPS) is 11.2. The molecular weight excluding hydrogens is 499 g/mol. The molecule has 138 valence electrons. The van der Waals surface area contributed by atoms with Gasteiger partial charge < -0.3 is 19.9 Å². The zero-order valence-corrected chi connectivity index (χ0v) is 18.5. The first-order valence-electron chi connectivity index (χ1n) is 7.87. The summed E-state index contributed by atoms with van der Waals surface area (Å²) >= 11 is 3.40. The van der Waals surface area contributed by atoms with Gasteiger partial charge in [-0.05, 0) is 30.2 Å². The van der Waals surface area contributed by atoms with Crippen LogP contribution in [0.5, 0.6) is 5.75 Å². The molecule has 0 aliphatic heterocycles. The molecule has 0 saturated heterocycles. The zero-order valence-electron chi connectivity index (χ0n) is 14.6. The maximum absolute atomic E-state index is 5.65. The third kappa shape index (κ3) is 7.64. The van der Waals surface area contributed by atoms with Crippen molar-refractivity contribution in [2.75, 3.05) is 20.2 Å². The molecule has 0 saturated carbocycles. The first-order chi connectivity index (χ1) is 11.6. The van der Waals surface area contributed by atoms with Gasteiger partial charge in [-0.2, -0.15) is 0 Å². The fraction of sp³-hybridized carbons (Fsp3) is 0.412. The molecule has 2 aromatic rings. The quantitative estimate of drug-likeness (QED) is 0.249. The molecule has 8 heteroatoms. The summed E-state index contributed by atoms with van der Waals surface area (Å²) in [6.45, 7) is 5.89. The molecule has 1 aromatic heterocycles. The lowest BCUT2D eigenvalue weighted by molar-refractivity contribution is 0.321. The van der Waals surface area contributed by atoms with Crippen molar-refractivity contribution in [2.24, 2.45) is 4.99 Å². The lowest BCUT2D eigenvalue weighted by Crippen LogP contribution is -2.38. The third-order valence-electron chi connectivity index (χ3n) is 3.30. The lowest BCUT2D eigenvalue weighted by atomic mass is 10.1. The maximum atomic E-state index is 5.65. The van der Waals surface area contributed by atoms with E-state index in [1.807, 2.05) is 30.3 Å². The summed E-state index contributed by atoms with van der Waals surface area (Å²) in [4.78, 5) is 4.17. The Hall–Kier alpha value is -1.29. The molecule has 2 N–H and O–H groups in total. The van der Waals surface area contributed by atoms with Gasteiger partial charge in [-0.3, -0.25) is 4.99 Å². The summed E-state index contributed by atoms with van der Waals surface area (Å²) in [5, 5.41) is 10.4. The van der Waals surface area contributed by atoms with Crippen molar-refractivity contribution in [3.8, 4) is 5.75 Å². The number of ether oxygens (including phenoxy) is 1. The standard InChI is InChI=1S/C17H23BrN4O2.HI/c1-12(2)16-10-15(24-22-16)11-21-17(19-3)20-8-9-23-14-6-4-13(18)5-7-14;/h4-7,10,12H,8-9,11H2,1-3H3,(H2,19,20,21);1H. The van der Waals surface area contributed by atoms with E-state index in [-0.39, 0.29) is 24.0 Å². The number of benzene rings is 1. The second-order valence-electron chi connectivity index (χ2n) is 5.53. The van der Waals surface area contributed by atoms with Gasteiger partial charge in [0, 0.05) is 17.6 Å². The molecule has 0 bridgehead atoms. The molecule has 0 amide bonds. The smallest absolute Gasteiger partial charge is 0.191 e. The van der Waals surface area contributed by atoms with Gasteiger partial charge in [-0.15, -0.1) is 24.0 Å². The highest BCUT2D eigenvalue weighted by Gasteiger charge is 2.08. The molecule has 0 unspecified atom stereocenters. The van der Waals surface area contributed by atoms with E-state index in [0.29, 0.717) is 31.6 Å². The second kappa shape index (κ2) is 11.3. The molecule has 0 aliphatic carbocycles. The van der Waals surface area contributed by atoms with Crippen LogP contribution < -0.4 is 15.4 Å². The molecule has 0 spiro atoms. The number of aliphatic imine (C=N–C) groups is 1. The summed E-state index contributed by atoms with van der Waals surface area (Å²) in [6, 6.07) is 9.71. The Bertz CT molecular complexity index is 659. The van der Waals surface area contributed by atoms with E-state index in [4.69, 9.17) is 9.26 Å². The van der Waals surface area contributed by atoms with Crippen LogP contribution in [0.25, 0.3) is 0 Å². The minimum Gasteiger partial charge on any atom is -0.492 e. The van der Waals surface area contributed by atoms with Crippen LogP contribution in [0.4, 0.5) is 0 Å². The Morgan fingerprint density at radius 3 is 2.60 bits per heavy atom. The molecule has 1 heterocycles. The summed E-state index contributed by atoms with van der Waals surface area (Å²) in [6.07, 6.45) is 0. The highest BCUT2D eigenvalue weighted by atomic mass is 127. The van der Waals surface area contributed by atoms with Crippen molar-refractivity contribution >= 4 is 45.9 Å². The minimum absolute atomic E-state index is 0. The van der Waals surface area contributed by atoms with Crippen molar-refractivity contribution in [1.29, 1.82) is 0 Å². The van der Waals surface area contributed by atoms with Crippen molar-refractivity contribution in [1.82, 2.24) is 15.8 Å². The summed E-state index contributed by atoms with van der Waals surface area (Å²) in [7, 11) is 1.73. The Morgan fingerprint density at radius 2 is 2.00 bits per heavy atom. The van der Waals surface area contributed by atoms with E-state index in [9.17, 15) is 0 Å². The van der Waals surface area contributed by atoms with Crippen molar-refractivity contribution in [2.45, 2.75) is 26.3 Å². The van der Waals surface area contributed by atoms with Crippen LogP contribution in [0.2, 0.25) is 0 Å². The number of rotatable bonds is 7. The number of guanidine groups is 1. The number of nitrogens with one attached hydrogen (secondary N) is 2. The van der Waals surface area contributed by atoms with Gasteiger partial charge in [0.2, 0.25) is 0 Å². The average Bonchev–Trinajstić information content (AvgIpc) is 3.05. The van der Waals surface area contributed by atoms with E-state index < -0.39 is 0 Å². The summed E-state index contributed by atoms with van der Waals surface area (Å²) < 4.78 is 12.0. The van der Waals surface area contributed by atoms with Crippen molar-refractivity contribution in [3.63, 3.8) is 0 Å². The highest BCUT2D eigenvalue weighted by Crippen LogP contribution is 2.16. The van der Waals surface area contributed by atoms with E-state index in [1.165, 1.54) is 0 Å². The topological polar surface area (TPSA) is 71.7 Å². The van der Waals surface area contributed by atoms with Crippen LogP contribution in [0, 0.1) is 0 Å². The van der Waals surface area contributed by atoms with E-state index in [2.05, 4.69) is 50.6 Å². The fourth-order valence-electron chi connectivity index (χ4n) is 1.94. The maximum Gasteiger partial charge on any atom is 0.191 e.